The van der Waals surface area contributed by atoms with Crippen molar-refractivity contribution in [3.05, 3.63) is 48.3 Å². The quantitative estimate of drug-likeness (QED) is 0.581. The molecule has 0 atom stereocenters. The van der Waals surface area contributed by atoms with E-state index in [2.05, 4.69) is 21.2 Å². The Balaban J connectivity index is 1.93. The number of rotatable bonds is 4. The highest BCUT2D eigenvalue weighted by molar-refractivity contribution is 7.80. The fourth-order valence-corrected chi connectivity index (χ4v) is 1.91. The molecule has 0 spiro atoms. The third kappa shape index (κ3) is 4.55. The number of carbonyl (C=O) groups excluding carboxylic acids is 1. The SMILES string of the molecule is COc1ccc(NC(=S)NNC(=O)c2ccncc2)c(OC)c1. The first kappa shape index (κ1) is 16.5. The maximum atomic E-state index is 11.9. The van der Waals surface area contributed by atoms with E-state index in [1.165, 1.54) is 12.4 Å². The molecule has 0 aliphatic heterocycles. The van der Waals surface area contributed by atoms with Gasteiger partial charge in [0.15, 0.2) is 5.11 Å². The van der Waals surface area contributed by atoms with Crippen LogP contribution in [0.4, 0.5) is 5.69 Å². The number of amides is 1. The highest BCUT2D eigenvalue weighted by Crippen LogP contribution is 2.28. The molecule has 0 saturated heterocycles. The summed E-state index contributed by atoms with van der Waals surface area (Å²) < 4.78 is 10.4. The molecule has 0 radical (unpaired) electrons. The Labute approximate surface area is 139 Å². The Morgan fingerprint density at radius 3 is 2.48 bits per heavy atom. The second kappa shape index (κ2) is 7.95. The molecule has 1 aromatic carbocycles. The van der Waals surface area contributed by atoms with Crippen LogP contribution in [0.2, 0.25) is 0 Å². The first-order valence-electron chi connectivity index (χ1n) is 6.63. The largest absolute Gasteiger partial charge is 0.497 e. The number of methoxy groups -OCH3 is 2. The van der Waals surface area contributed by atoms with Crippen LogP contribution in [0, 0.1) is 0 Å². The normalized spacial score (nSPS) is 9.65. The summed E-state index contributed by atoms with van der Waals surface area (Å²) in [6.07, 6.45) is 3.07. The average molecular weight is 332 g/mol. The molecule has 1 amide bonds. The van der Waals surface area contributed by atoms with Crippen molar-refractivity contribution in [2.75, 3.05) is 19.5 Å². The fourth-order valence-electron chi connectivity index (χ4n) is 1.74. The number of pyridine rings is 1. The van der Waals surface area contributed by atoms with Crippen LogP contribution in [-0.4, -0.2) is 30.2 Å². The van der Waals surface area contributed by atoms with Crippen LogP contribution in [0.1, 0.15) is 10.4 Å². The lowest BCUT2D eigenvalue weighted by molar-refractivity contribution is 0.0944. The molecule has 0 fully saturated rings. The van der Waals surface area contributed by atoms with Gasteiger partial charge in [0.05, 0.1) is 19.9 Å². The Kier molecular flexibility index (Phi) is 5.70. The first-order valence-corrected chi connectivity index (χ1v) is 7.04. The summed E-state index contributed by atoms with van der Waals surface area (Å²) in [6.45, 7) is 0. The van der Waals surface area contributed by atoms with Crippen LogP contribution in [0.15, 0.2) is 42.7 Å². The Hall–Kier alpha value is -2.87. The molecule has 1 heterocycles. The molecule has 0 unspecified atom stereocenters. The van der Waals surface area contributed by atoms with Crippen molar-refractivity contribution in [1.82, 2.24) is 15.8 Å². The molecule has 23 heavy (non-hydrogen) atoms. The van der Waals surface area contributed by atoms with Gasteiger partial charge in [-0.1, -0.05) is 0 Å². The number of thiocarbonyl (C=S) groups is 1. The maximum absolute atomic E-state index is 11.9. The van der Waals surface area contributed by atoms with Gasteiger partial charge in [-0.2, -0.15) is 0 Å². The predicted octanol–water partition coefficient (Wildman–Crippen LogP) is 1.73. The first-order chi connectivity index (χ1) is 11.1. The fraction of sp³-hybridized carbons (Fsp3) is 0.133. The van der Waals surface area contributed by atoms with Gasteiger partial charge < -0.3 is 14.8 Å². The minimum atomic E-state index is -0.321. The summed E-state index contributed by atoms with van der Waals surface area (Å²) in [7, 11) is 3.12. The molecular formula is C15H16N4O3S. The van der Waals surface area contributed by atoms with Crippen molar-refractivity contribution in [3.8, 4) is 11.5 Å². The summed E-state index contributed by atoms with van der Waals surface area (Å²) in [6, 6.07) is 8.44. The van der Waals surface area contributed by atoms with Crippen LogP contribution in [0.3, 0.4) is 0 Å². The second-order valence-corrected chi connectivity index (χ2v) is 4.74. The van der Waals surface area contributed by atoms with Crippen molar-refractivity contribution in [2.24, 2.45) is 0 Å². The lowest BCUT2D eigenvalue weighted by Gasteiger charge is -2.14. The van der Waals surface area contributed by atoms with Gasteiger partial charge in [-0.05, 0) is 36.5 Å². The minimum absolute atomic E-state index is 0.218. The highest BCUT2D eigenvalue weighted by Gasteiger charge is 2.08. The number of anilines is 1. The standard InChI is InChI=1S/C15H16N4O3S/c1-21-11-3-4-12(13(9-11)22-2)17-15(23)19-18-14(20)10-5-7-16-8-6-10/h3-9H,1-2H3,(H,18,20)(H2,17,19,23). The summed E-state index contributed by atoms with van der Waals surface area (Å²) in [4.78, 5) is 15.7. The van der Waals surface area contributed by atoms with E-state index in [1.54, 1.807) is 44.6 Å². The maximum Gasteiger partial charge on any atom is 0.269 e. The van der Waals surface area contributed by atoms with Gasteiger partial charge in [0, 0.05) is 24.0 Å². The zero-order valence-corrected chi connectivity index (χ0v) is 13.4. The molecule has 1 aromatic heterocycles. The Morgan fingerprint density at radius 2 is 1.83 bits per heavy atom. The van der Waals surface area contributed by atoms with Crippen LogP contribution < -0.4 is 25.6 Å². The van der Waals surface area contributed by atoms with Crippen molar-refractivity contribution >= 4 is 28.9 Å². The molecule has 0 aliphatic carbocycles. The molecular weight excluding hydrogens is 316 g/mol. The Morgan fingerprint density at radius 1 is 1.09 bits per heavy atom. The van der Waals surface area contributed by atoms with Crippen molar-refractivity contribution in [1.29, 1.82) is 0 Å². The number of ether oxygens (including phenoxy) is 2. The molecule has 0 aliphatic rings. The number of benzene rings is 1. The summed E-state index contributed by atoms with van der Waals surface area (Å²) >= 11 is 5.14. The molecule has 2 rings (SSSR count). The summed E-state index contributed by atoms with van der Waals surface area (Å²) in [5.74, 6) is 0.907. The third-order valence-corrected chi connectivity index (χ3v) is 3.09. The van der Waals surface area contributed by atoms with E-state index in [1.807, 2.05) is 0 Å². The van der Waals surface area contributed by atoms with E-state index in [-0.39, 0.29) is 11.0 Å². The van der Waals surface area contributed by atoms with Gasteiger partial charge >= 0.3 is 0 Å². The van der Waals surface area contributed by atoms with Gasteiger partial charge in [-0.15, -0.1) is 0 Å². The van der Waals surface area contributed by atoms with Crippen LogP contribution in [0.5, 0.6) is 11.5 Å². The number of hydrogen-bond acceptors (Lipinski definition) is 5. The van der Waals surface area contributed by atoms with E-state index >= 15 is 0 Å². The third-order valence-electron chi connectivity index (χ3n) is 2.89. The smallest absolute Gasteiger partial charge is 0.269 e. The molecule has 120 valence electrons. The van der Waals surface area contributed by atoms with E-state index in [9.17, 15) is 4.79 Å². The molecule has 3 N–H and O–H groups in total. The lowest BCUT2D eigenvalue weighted by atomic mass is 10.2. The Bertz CT molecular complexity index is 694. The zero-order valence-electron chi connectivity index (χ0n) is 12.6. The number of hydrazine groups is 1. The topological polar surface area (TPSA) is 84.5 Å². The van der Waals surface area contributed by atoms with Crippen LogP contribution >= 0.6 is 12.2 Å². The number of nitrogens with one attached hydrogen (secondary N) is 3. The number of aromatic nitrogens is 1. The van der Waals surface area contributed by atoms with Gasteiger partial charge in [0.25, 0.3) is 5.91 Å². The lowest BCUT2D eigenvalue weighted by Crippen LogP contribution is -2.43. The van der Waals surface area contributed by atoms with E-state index in [0.717, 1.165) is 0 Å². The van der Waals surface area contributed by atoms with Crippen LogP contribution in [0.25, 0.3) is 0 Å². The second-order valence-electron chi connectivity index (χ2n) is 4.34. The zero-order chi connectivity index (χ0) is 16.7. The molecule has 8 heteroatoms. The van der Waals surface area contributed by atoms with Crippen molar-refractivity contribution < 1.29 is 14.3 Å². The number of nitrogens with zero attached hydrogens (tertiary/aromatic N) is 1. The van der Waals surface area contributed by atoms with E-state index < -0.39 is 0 Å². The number of hydrogen-bond donors (Lipinski definition) is 3. The van der Waals surface area contributed by atoms with Gasteiger partial charge in [0.1, 0.15) is 11.5 Å². The predicted molar refractivity (Wildman–Crippen MR) is 90.6 cm³/mol. The molecule has 0 bridgehead atoms. The molecule has 7 nitrogen and oxygen atoms in total. The van der Waals surface area contributed by atoms with Crippen LogP contribution in [-0.2, 0) is 0 Å². The van der Waals surface area contributed by atoms with Crippen molar-refractivity contribution in [3.63, 3.8) is 0 Å². The summed E-state index contributed by atoms with van der Waals surface area (Å²) in [5, 5.41) is 3.15. The molecule has 0 saturated carbocycles. The molecule has 2 aromatic rings. The van der Waals surface area contributed by atoms with Crippen molar-refractivity contribution in [2.45, 2.75) is 0 Å². The van der Waals surface area contributed by atoms with E-state index in [4.69, 9.17) is 21.7 Å². The van der Waals surface area contributed by atoms with Gasteiger partial charge in [0.2, 0.25) is 0 Å². The summed E-state index contributed by atoms with van der Waals surface area (Å²) in [5.41, 5.74) is 6.23. The van der Waals surface area contributed by atoms with Gasteiger partial charge in [-0.3, -0.25) is 20.6 Å². The van der Waals surface area contributed by atoms with E-state index in [0.29, 0.717) is 22.7 Å². The van der Waals surface area contributed by atoms with Gasteiger partial charge in [-0.25, -0.2) is 0 Å². The highest BCUT2D eigenvalue weighted by atomic mass is 32.1. The monoisotopic (exact) mass is 332 g/mol. The average Bonchev–Trinajstić information content (AvgIpc) is 2.60. The minimum Gasteiger partial charge on any atom is -0.497 e. The number of carbonyl (C=O) groups is 1.